The standard InChI is InChI=1S/C24H22ClN3O5/c1-27-18-7-5-6-8-19(18)28(2)24(27)16(13-26)20(29)14-33-22(30)10-9-15-11-17(25)23(32-4)21(12-15)31-3/h5-12H,14H2,1-4H3/b10-9+. The van der Waals surface area contributed by atoms with Gasteiger partial charge in [-0.1, -0.05) is 23.7 Å². The van der Waals surface area contributed by atoms with Crippen LogP contribution in [-0.2, 0) is 14.3 Å². The maximum absolute atomic E-state index is 12.7. The highest BCUT2D eigenvalue weighted by Crippen LogP contribution is 2.40. The number of halogens is 1. The van der Waals surface area contributed by atoms with Crippen molar-refractivity contribution < 1.29 is 23.8 Å². The molecule has 0 unspecified atom stereocenters. The zero-order chi connectivity index (χ0) is 24.1. The summed E-state index contributed by atoms with van der Waals surface area (Å²) in [7, 11) is 6.48. The summed E-state index contributed by atoms with van der Waals surface area (Å²) in [6.07, 6.45) is 2.63. The Bertz CT molecular complexity index is 1170. The van der Waals surface area contributed by atoms with E-state index in [1.165, 1.54) is 20.3 Å². The maximum atomic E-state index is 12.7. The first-order chi connectivity index (χ1) is 15.8. The van der Waals surface area contributed by atoms with Crippen molar-refractivity contribution in [2.24, 2.45) is 0 Å². The van der Waals surface area contributed by atoms with E-state index in [0.717, 1.165) is 17.5 Å². The highest BCUT2D eigenvalue weighted by molar-refractivity contribution is 6.32. The Morgan fingerprint density at radius 1 is 1.09 bits per heavy atom. The van der Waals surface area contributed by atoms with Crippen LogP contribution in [0.25, 0.3) is 6.08 Å². The van der Waals surface area contributed by atoms with E-state index < -0.39 is 18.4 Å². The van der Waals surface area contributed by atoms with E-state index >= 15 is 0 Å². The number of para-hydroxylation sites is 2. The van der Waals surface area contributed by atoms with Gasteiger partial charge in [0, 0.05) is 20.2 Å². The number of esters is 1. The van der Waals surface area contributed by atoms with Gasteiger partial charge in [0.25, 0.3) is 0 Å². The van der Waals surface area contributed by atoms with Crippen molar-refractivity contribution in [3.05, 3.63) is 64.5 Å². The minimum absolute atomic E-state index is 0.0975. The van der Waals surface area contributed by atoms with Crippen LogP contribution >= 0.6 is 11.6 Å². The fourth-order valence-electron chi connectivity index (χ4n) is 3.51. The first-order valence-corrected chi connectivity index (χ1v) is 10.2. The summed E-state index contributed by atoms with van der Waals surface area (Å²) in [5.74, 6) is -0.131. The van der Waals surface area contributed by atoms with Gasteiger partial charge >= 0.3 is 5.97 Å². The summed E-state index contributed by atoms with van der Waals surface area (Å²) in [5, 5.41) is 9.95. The van der Waals surface area contributed by atoms with Crippen molar-refractivity contribution in [1.29, 1.82) is 5.26 Å². The lowest BCUT2D eigenvalue weighted by molar-refractivity contribution is -0.141. The van der Waals surface area contributed by atoms with Crippen LogP contribution in [0.2, 0.25) is 5.02 Å². The number of rotatable bonds is 7. The molecular formula is C24H22ClN3O5. The van der Waals surface area contributed by atoms with Gasteiger partial charge in [-0.15, -0.1) is 0 Å². The van der Waals surface area contributed by atoms with Gasteiger partial charge < -0.3 is 24.0 Å². The lowest BCUT2D eigenvalue weighted by Crippen LogP contribution is -2.27. The number of ketones is 1. The third-order valence-electron chi connectivity index (χ3n) is 5.07. The predicted octanol–water partition coefficient (Wildman–Crippen LogP) is 3.80. The second-order valence-corrected chi connectivity index (χ2v) is 7.43. The first kappa shape index (κ1) is 23.7. The van der Waals surface area contributed by atoms with Crippen LogP contribution in [0.3, 0.4) is 0 Å². The topological polar surface area (TPSA) is 92.1 Å². The van der Waals surface area contributed by atoms with E-state index in [0.29, 0.717) is 27.9 Å². The molecule has 33 heavy (non-hydrogen) atoms. The highest BCUT2D eigenvalue weighted by Gasteiger charge is 2.31. The number of methoxy groups -OCH3 is 2. The van der Waals surface area contributed by atoms with E-state index in [9.17, 15) is 14.9 Å². The molecule has 2 aromatic rings. The van der Waals surface area contributed by atoms with E-state index in [4.69, 9.17) is 25.8 Å². The summed E-state index contributed by atoms with van der Waals surface area (Å²) in [5.41, 5.74) is 2.21. The number of anilines is 2. The molecule has 8 nitrogen and oxygen atoms in total. The predicted molar refractivity (Wildman–Crippen MR) is 125 cm³/mol. The Morgan fingerprint density at radius 3 is 2.27 bits per heavy atom. The van der Waals surface area contributed by atoms with Crippen LogP contribution in [0, 0.1) is 11.3 Å². The summed E-state index contributed by atoms with van der Waals surface area (Å²) in [4.78, 5) is 28.4. The Hall–Kier alpha value is -3.96. The fraction of sp³-hybridized carbons (Fsp3) is 0.208. The molecule has 1 aliphatic rings. The average Bonchev–Trinajstić information content (AvgIpc) is 3.07. The molecule has 0 fully saturated rings. The van der Waals surface area contributed by atoms with Crippen molar-refractivity contribution >= 4 is 40.8 Å². The number of ether oxygens (including phenoxy) is 3. The van der Waals surface area contributed by atoms with Crippen LogP contribution in [0.1, 0.15) is 5.56 Å². The quantitative estimate of drug-likeness (QED) is 0.345. The lowest BCUT2D eigenvalue weighted by Gasteiger charge is -2.19. The molecule has 0 atom stereocenters. The number of carbonyl (C=O) groups is 2. The molecule has 2 aromatic carbocycles. The van der Waals surface area contributed by atoms with Crippen LogP contribution in [-0.4, -0.2) is 46.7 Å². The number of hydrogen-bond donors (Lipinski definition) is 0. The molecule has 0 saturated heterocycles. The number of benzene rings is 2. The van der Waals surface area contributed by atoms with Crippen LogP contribution < -0.4 is 19.3 Å². The number of nitriles is 1. The minimum atomic E-state index is -0.743. The van der Waals surface area contributed by atoms with Crippen molar-refractivity contribution in [2.75, 3.05) is 44.7 Å². The van der Waals surface area contributed by atoms with Crippen LogP contribution in [0.5, 0.6) is 11.5 Å². The van der Waals surface area contributed by atoms with Crippen molar-refractivity contribution in [3.8, 4) is 17.6 Å². The molecule has 1 heterocycles. The number of nitrogens with zero attached hydrogens (tertiary/aromatic N) is 3. The smallest absolute Gasteiger partial charge is 0.331 e. The molecule has 9 heteroatoms. The van der Waals surface area contributed by atoms with Gasteiger partial charge in [-0.2, -0.15) is 5.26 Å². The highest BCUT2D eigenvalue weighted by atomic mass is 35.5. The molecule has 3 rings (SSSR count). The van der Waals surface area contributed by atoms with Gasteiger partial charge in [0.15, 0.2) is 18.1 Å². The third kappa shape index (κ3) is 4.78. The molecule has 0 amide bonds. The number of fused-ring (bicyclic) bond motifs is 1. The van der Waals surface area contributed by atoms with Gasteiger partial charge in [-0.3, -0.25) is 4.79 Å². The normalized spacial score (nSPS) is 12.4. The maximum Gasteiger partial charge on any atom is 0.331 e. The molecule has 0 aliphatic carbocycles. The van der Waals surface area contributed by atoms with Gasteiger partial charge in [0.2, 0.25) is 5.78 Å². The Morgan fingerprint density at radius 2 is 1.73 bits per heavy atom. The van der Waals surface area contributed by atoms with Gasteiger partial charge in [-0.25, -0.2) is 4.79 Å². The molecule has 0 radical (unpaired) electrons. The van der Waals surface area contributed by atoms with Crippen molar-refractivity contribution in [1.82, 2.24) is 0 Å². The van der Waals surface area contributed by atoms with E-state index in [2.05, 4.69) is 0 Å². The van der Waals surface area contributed by atoms with Crippen LogP contribution in [0.15, 0.2) is 53.9 Å². The van der Waals surface area contributed by atoms with E-state index in [1.54, 1.807) is 36.0 Å². The van der Waals surface area contributed by atoms with E-state index in [1.807, 2.05) is 30.3 Å². The second-order valence-electron chi connectivity index (χ2n) is 7.02. The van der Waals surface area contributed by atoms with Gasteiger partial charge in [-0.05, 0) is 35.9 Å². The zero-order valence-corrected chi connectivity index (χ0v) is 19.3. The largest absolute Gasteiger partial charge is 0.493 e. The number of hydrogen-bond acceptors (Lipinski definition) is 8. The molecule has 0 spiro atoms. The summed E-state index contributed by atoms with van der Waals surface area (Å²) in [6.45, 7) is -0.569. The van der Waals surface area contributed by atoms with Crippen LogP contribution in [0.4, 0.5) is 11.4 Å². The third-order valence-corrected chi connectivity index (χ3v) is 5.35. The monoisotopic (exact) mass is 467 g/mol. The molecule has 0 bridgehead atoms. The average molecular weight is 468 g/mol. The van der Waals surface area contributed by atoms with Crippen molar-refractivity contribution in [2.45, 2.75) is 0 Å². The number of carbonyl (C=O) groups excluding carboxylic acids is 2. The Labute approximate surface area is 196 Å². The summed E-state index contributed by atoms with van der Waals surface area (Å²) < 4.78 is 15.5. The Kier molecular flexibility index (Phi) is 7.26. The van der Waals surface area contributed by atoms with Crippen molar-refractivity contribution in [3.63, 3.8) is 0 Å². The zero-order valence-electron chi connectivity index (χ0n) is 18.6. The molecular weight excluding hydrogens is 446 g/mol. The summed E-state index contributed by atoms with van der Waals surface area (Å²) >= 11 is 6.16. The second kappa shape index (κ2) is 10.1. The number of Topliss-reactive ketones (excluding diaryl/α,β-unsaturated/α-hetero) is 1. The lowest BCUT2D eigenvalue weighted by atomic mass is 10.2. The van der Waals surface area contributed by atoms with E-state index in [-0.39, 0.29) is 5.57 Å². The summed E-state index contributed by atoms with van der Waals surface area (Å²) in [6, 6.07) is 12.7. The Balaban J connectivity index is 1.71. The molecule has 1 aliphatic heterocycles. The SMILES string of the molecule is COc1cc(/C=C/C(=O)OCC(=O)C(C#N)=C2N(C)c3ccccc3N2C)cc(Cl)c1OC. The molecule has 170 valence electrons. The molecule has 0 saturated carbocycles. The first-order valence-electron chi connectivity index (χ1n) is 9.82. The molecule has 0 N–H and O–H groups in total. The molecule has 0 aromatic heterocycles. The fourth-order valence-corrected chi connectivity index (χ4v) is 3.81. The minimum Gasteiger partial charge on any atom is -0.493 e. The van der Waals surface area contributed by atoms with Gasteiger partial charge in [0.1, 0.15) is 17.5 Å². The van der Waals surface area contributed by atoms with Gasteiger partial charge in [0.05, 0.1) is 30.6 Å².